The van der Waals surface area contributed by atoms with E-state index in [1.54, 1.807) is 24.3 Å². The predicted octanol–water partition coefficient (Wildman–Crippen LogP) is 2.95. The van der Waals surface area contributed by atoms with Crippen LogP contribution in [0.25, 0.3) is 0 Å². The summed E-state index contributed by atoms with van der Waals surface area (Å²) in [5.41, 5.74) is 2.03. The van der Waals surface area contributed by atoms with E-state index < -0.39 is 18.4 Å². The highest BCUT2D eigenvalue weighted by Crippen LogP contribution is 2.20. The van der Waals surface area contributed by atoms with Crippen molar-refractivity contribution in [3.05, 3.63) is 65.7 Å². The number of amides is 2. The highest BCUT2D eigenvalue weighted by atomic mass is 16.4. The number of carboxylic acid groups (broad SMARTS) is 1. The van der Waals surface area contributed by atoms with E-state index >= 15 is 0 Å². The molecule has 2 amide bonds. The molecule has 1 unspecified atom stereocenters. The van der Waals surface area contributed by atoms with Crippen LogP contribution in [0.2, 0.25) is 0 Å². The summed E-state index contributed by atoms with van der Waals surface area (Å²) in [7, 11) is 0. The second-order valence-corrected chi connectivity index (χ2v) is 6.68. The summed E-state index contributed by atoms with van der Waals surface area (Å²) in [5, 5.41) is 13.8. The van der Waals surface area contributed by atoms with Crippen LogP contribution in [0.1, 0.15) is 29.8 Å². The zero-order chi connectivity index (χ0) is 19.8. The van der Waals surface area contributed by atoms with Crippen LogP contribution < -0.4 is 10.6 Å². The number of carboxylic acids is 1. The molecule has 6 heteroatoms. The van der Waals surface area contributed by atoms with Crippen LogP contribution in [0, 0.1) is 11.8 Å². The van der Waals surface area contributed by atoms with Crippen LogP contribution in [-0.4, -0.2) is 29.4 Å². The Hall–Kier alpha value is -3.15. The monoisotopic (exact) mass is 368 g/mol. The van der Waals surface area contributed by atoms with E-state index in [4.69, 9.17) is 5.11 Å². The zero-order valence-corrected chi connectivity index (χ0v) is 15.4. The lowest BCUT2D eigenvalue weighted by atomic mass is 9.88. The Bertz CT molecular complexity index is 786. The molecule has 0 fully saturated rings. The van der Waals surface area contributed by atoms with E-state index in [0.717, 1.165) is 5.56 Å². The first-order valence-corrected chi connectivity index (χ1v) is 8.81. The van der Waals surface area contributed by atoms with E-state index in [9.17, 15) is 14.4 Å². The van der Waals surface area contributed by atoms with Gasteiger partial charge >= 0.3 is 5.97 Å². The van der Waals surface area contributed by atoms with Gasteiger partial charge in [0.1, 0.15) is 6.54 Å². The molecule has 0 heterocycles. The van der Waals surface area contributed by atoms with Gasteiger partial charge < -0.3 is 15.7 Å². The van der Waals surface area contributed by atoms with Gasteiger partial charge in [0.15, 0.2) is 0 Å². The summed E-state index contributed by atoms with van der Waals surface area (Å²) in [6.07, 6.45) is 0.653. The molecule has 0 saturated heterocycles. The molecule has 0 aliphatic rings. The van der Waals surface area contributed by atoms with Crippen LogP contribution in [-0.2, 0) is 16.0 Å². The number of hydrogen-bond donors (Lipinski definition) is 3. The number of nitrogens with one attached hydrogen (secondary N) is 2. The standard InChI is InChI=1S/C21H24N2O4/c1-14(2)18(12-15-6-4-3-5-7-15)21(27)23-17-10-8-16(9-11-17)20(26)22-13-19(24)25/h3-11,14,18H,12-13H2,1-2H3,(H,22,26)(H,23,27)(H,24,25). The fourth-order valence-electron chi connectivity index (χ4n) is 2.70. The van der Waals surface area contributed by atoms with Crippen molar-refractivity contribution in [3.8, 4) is 0 Å². The van der Waals surface area contributed by atoms with Gasteiger partial charge in [0.2, 0.25) is 5.91 Å². The van der Waals surface area contributed by atoms with Crippen LogP contribution in [0.5, 0.6) is 0 Å². The molecule has 2 rings (SSSR count). The van der Waals surface area contributed by atoms with E-state index in [1.165, 1.54) is 0 Å². The molecule has 2 aromatic carbocycles. The summed E-state index contributed by atoms with van der Waals surface area (Å²) in [4.78, 5) is 35.0. The van der Waals surface area contributed by atoms with Crippen molar-refractivity contribution < 1.29 is 19.5 Å². The normalized spacial score (nSPS) is 11.7. The first-order chi connectivity index (χ1) is 12.9. The van der Waals surface area contributed by atoms with Crippen molar-refractivity contribution in [2.75, 3.05) is 11.9 Å². The molecule has 0 radical (unpaired) electrons. The Kier molecular flexibility index (Phi) is 7.11. The van der Waals surface area contributed by atoms with Gasteiger partial charge in [-0.1, -0.05) is 44.2 Å². The fraction of sp³-hybridized carbons (Fsp3) is 0.286. The fourth-order valence-corrected chi connectivity index (χ4v) is 2.70. The third-order valence-corrected chi connectivity index (χ3v) is 4.25. The molecule has 0 aromatic heterocycles. The minimum absolute atomic E-state index is 0.0723. The summed E-state index contributed by atoms with van der Waals surface area (Å²) >= 11 is 0. The van der Waals surface area contributed by atoms with Gasteiger partial charge in [-0.25, -0.2) is 0 Å². The van der Waals surface area contributed by atoms with Crippen molar-refractivity contribution in [2.24, 2.45) is 11.8 Å². The molecule has 3 N–H and O–H groups in total. The van der Waals surface area contributed by atoms with Gasteiger partial charge in [-0.3, -0.25) is 14.4 Å². The number of carbonyl (C=O) groups excluding carboxylic acids is 2. The van der Waals surface area contributed by atoms with Gasteiger partial charge in [0.05, 0.1) is 0 Å². The van der Waals surface area contributed by atoms with Crippen LogP contribution in [0.15, 0.2) is 54.6 Å². The second-order valence-electron chi connectivity index (χ2n) is 6.68. The van der Waals surface area contributed by atoms with Crippen molar-refractivity contribution in [1.29, 1.82) is 0 Å². The summed E-state index contributed by atoms with van der Waals surface area (Å²) < 4.78 is 0. The maximum atomic E-state index is 12.7. The Morgan fingerprint density at radius 3 is 2.15 bits per heavy atom. The van der Waals surface area contributed by atoms with Gasteiger partial charge in [-0.15, -0.1) is 0 Å². The van der Waals surface area contributed by atoms with Crippen LogP contribution in [0.4, 0.5) is 5.69 Å². The topological polar surface area (TPSA) is 95.5 Å². The molecule has 0 saturated carbocycles. The lowest BCUT2D eigenvalue weighted by Crippen LogP contribution is -2.29. The summed E-state index contributed by atoms with van der Waals surface area (Å²) in [6.45, 7) is 3.60. The Balaban J connectivity index is 2.00. The number of anilines is 1. The highest BCUT2D eigenvalue weighted by molar-refractivity contribution is 5.97. The van der Waals surface area contributed by atoms with E-state index in [-0.39, 0.29) is 17.7 Å². The van der Waals surface area contributed by atoms with Gasteiger partial charge in [-0.05, 0) is 42.2 Å². The summed E-state index contributed by atoms with van der Waals surface area (Å²) in [6, 6.07) is 16.2. The summed E-state index contributed by atoms with van der Waals surface area (Å²) in [5.74, 6) is -1.65. The molecule has 0 spiro atoms. The van der Waals surface area contributed by atoms with E-state index in [1.807, 2.05) is 44.2 Å². The SMILES string of the molecule is CC(C)C(Cc1ccccc1)C(=O)Nc1ccc(C(=O)NCC(=O)O)cc1. The third kappa shape index (κ3) is 6.26. The second kappa shape index (κ2) is 9.52. The Morgan fingerprint density at radius 1 is 0.963 bits per heavy atom. The molecule has 0 bridgehead atoms. The zero-order valence-electron chi connectivity index (χ0n) is 15.4. The average molecular weight is 368 g/mol. The molecular weight excluding hydrogens is 344 g/mol. The minimum Gasteiger partial charge on any atom is -0.480 e. The van der Waals surface area contributed by atoms with E-state index in [2.05, 4.69) is 10.6 Å². The largest absolute Gasteiger partial charge is 0.480 e. The molecular formula is C21H24N2O4. The van der Waals surface area contributed by atoms with Crippen molar-refractivity contribution in [1.82, 2.24) is 5.32 Å². The number of aliphatic carboxylic acids is 1. The molecule has 2 aromatic rings. The quantitative estimate of drug-likeness (QED) is 0.667. The first kappa shape index (κ1) is 20.2. The molecule has 0 aliphatic carbocycles. The van der Waals surface area contributed by atoms with E-state index in [0.29, 0.717) is 17.7 Å². The van der Waals surface area contributed by atoms with Crippen LogP contribution in [0.3, 0.4) is 0 Å². The Labute approximate surface area is 158 Å². The predicted molar refractivity (Wildman–Crippen MR) is 104 cm³/mol. The number of carbonyl (C=O) groups is 3. The van der Waals surface area contributed by atoms with Gasteiger partial charge in [0.25, 0.3) is 5.91 Å². The minimum atomic E-state index is -1.11. The van der Waals surface area contributed by atoms with Gasteiger partial charge in [0, 0.05) is 17.2 Å². The van der Waals surface area contributed by atoms with Crippen molar-refractivity contribution in [2.45, 2.75) is 20.3 Å². The lowest BCUT2D eigenvalue weighted by molar-refractivity contribution is -0.135. The first-order valence-electron chi connectivity index (χ1n) is 8.81. The molecule has 0 aliphatic heterocycles. The lowest BCUT2D eigenvalue weighted by Gasteiger charge is -2.20. The number of hydrogen-bond acceptors (Lipinski definition) is 3. The number of rotatable bonds is 8. The molecule has 1 atom stereocenters. The Morgan fingerprint density at radius 2 is 1.59 bits per heavy atom. The van der Waals surface area contributed by atoms with Crippen molar-refractivity contribution in [3.63, 3.8) is 0 Å². The molecule has 142 valence electrons. The van der Waals surface area contributed by atoms with Crippen LogP contribution >= 0.6 is 0 Å². The molecule has 27 heavy (non-hydrogen) atoms. The van der Waals surface area contributed by atoms with Crippen molar-refractivity contribution >= 4 is 23.5 Å². The third-order valence-electron chi connectivity index (χ3n) is 4.25. The maximum absolute atomic E-state index is 12.7. The average Bonchev–Trinajstić information content (AvgIpc) is 2.65. The number of benzene rings is 2. The maximum Gasteiger partial charge on any atom is 0.322 e. The molecule has 6 nitrogen and oxygen atoms in total. The highest BCUT2D eigenvalue weighted by Gasteiger charge is 2.22. The smallest absolute Gasteiger partial charge is 0.322 e. The van der Waals surface area contributed by atoms with Gasteiger partial charge in [-0.2, -0.15) is 0 Å².